The molecule has 3 unspecified atom stereocenters. The standard InChI is InChI=1S/C13H19N6O14P3/c1-2-16-9-10(21)17-11(15)18-19(9)13(5-14)8-7(20)12(31-13,3-4-29-8)6-30-35(25,26)33-36(27,28)32-34(22,23)24/h2,7-8,20H,1,3-4,6H2,(H,25,26)(H,27,28)(H2,22,23,24)(H3,15,17,18,21)/t7-,8+,12?,13+/m0/s1. The van der Waals surface area contributed by atoms with Gasteiger partial charge in [-0.15, -0.1) is 5.10 Å². The molecule has 8 N–H and O–H groups in total. The number of anilines is 1. The Labute approximate surface area is 199 Å². The van der Waals surface area contributed by atoms with Gasteiger partial charge < -0.3 is 39.9 Å². The summed E-state index contributed by atoms with van der Waals surface area (Å²) in [6.07, 6.45) is -2.76. The van der Waals surface area contributed by atoms with E-state index in [-0.39, 0.29) is 13.0 Å². The van der Waals surface area contributed by atoms with Crippen molar-refractivity contribution < 1.29 is 61.0 Å². The van der Waals surface area contributed by atoms with Crippen molar-refractivity contribution in [3.8, 4) is 6.07 Å². The monoisotopic (exact) mass is 576 g/mol. The number of fused-ring (bicyclic) bond motifs is 2. The lowest BCUT2D eigenvalue weighted by molar-refractivity contribution is -0.158. The molecule has 3 rings (SSSR count). The molecule has 2 aliphatic rings. The van der Waals surface area contributed by atoms with Crippen molar-refractivity contribution in [2.75, 3.05) is 18.9 Å². The van der Waals surface area contributed by atoms with Crippen molar-refractivity contribution in [2.45, 2.75) is 30.0 Å². The van der Waals surface area contributed by atoms with Crippen LogP contribution in [0, 0.1) is 11.3 Å². The zero-order chi connectivity index (χ0) is 27.2. The summed E-state index contributed by atoms with van der Waals surface area (Å²) in [4.78, 5) is 54.5. The van der Waals surface area contributed by atoms with Crippen LogP contribution >= 0.6 is 23.5 Å². The van der Waals surface area contributed by atoms with Crippen LogP contribution in [-0.4, -0.2) is 70.5 Å². The molecule has 200 valence electrons. The maximum atomic E-state index is 12.4. The number of H-pyrrole nitrogens is 1. The first-order valence-corrected chi connectivity index (χ1v) is 13.9. The average molecular weight is 576 g/mol. The van der Waals surface area contributed by atoms with Gasteiger partial charge in [-0.2, -0.15) is 18.6 Å². The van der Waals surface area contributed by atoms with Crippen molar-refractivity contribution in [3.63, 3.8) is 0 Å². The van der Waals surface area contributed by atoms with Crippen LogP contribution < -0.4 is 16.8 Å². The molecule has 2 fully saturated rings. The Hall–Kier alpha value is -2.07. The number of nitrogens with one attached hydrogen (secondary N) is 1. The lowest BCUT2D eigenvalue weighted by Crippen LogP contribution is -2.56. The normalized spacial score (nSPS) is 31.8. The summed E-state index contributed by atoms with van der Waals surface area (Å²) in [5.41, 5.74) is -0.389. The molecule has 6 atom stereocenters. The molecule has 1 aromatic rings. The number of hydrogen-bond acceptors (Lipinski definition) is 14. The zero-order valence-corrected chi connectivity index (χ0v) is 20.4. The molecular weight excluding hydrogens is 557 g/mol. The summed E-state index contributed by atoms with van der Waals surface area (Å²) in [5, 5.41) is 24.8. The van der Waals surface area contributed by atoms with Crippen LogP contribution in [0.3, 0.4) is 0 Å². The van der Waals surface area contributed by atoms with Gasteiger partial charge in [0.05, 0.1) is 13.2 Å². The van der Waals surface area contributed by atoms with E-state index in [4.69, 9.17) is 25.0 Å². The summed E-state index contributed by atoms with van der Waals surface area (Å²) < 4.78 is 58.2. The third kappa shape index (κ3) is 5.59. The van der Waals surface area contributed by atoms with Crippen LogP contribution in [-0.2, 0) is 42.0 Å². The summed E-state index contributed by atoms with van der Waals surface area (Å²) in [6.45, 7) is 2.02. The van der Waals surface area contributed by atoms with Crippen LogP contribution in [0.5, 0.6) is 0 Å². The van der Waals surface area contributed by atoms with Crippen LogP contribution in [0.2, 0.25) is 0 Å². The van der Waals surface area contributed by atoms with E-state index >= 15 is 0 Å². The minimum atomic E-state index is -5.81. The van der Waals surface area contributed by atoms with Crippen LogP contribution in [0.1, 0.15) is 6.42 Å². The molecule has 3 heterocycles. The first kappa shape index (κ1) is 28.5. The van der Waals surface area contributed by atoms with E-state index in [1.807, 2.05) is 0 Å². The Balaban J connectivity index is 1.98. The minimum Gasteiger partial charge on any atom is -0.387 e. The molecule has 20 nitrogen and oxygen atoms in total. The molecule has 0 radical (unpaired) electrons. The molecule has 2 saturated heterocycles. The van der Waals surface area contributed by atoms with Crippen LogP contribution in [0.15, 0.2) is 22.6 Å². The van der Waals surface area contributed by atoms with E-state index in [2.05, 4.69) is 34.8 Å². The third-order valence-electron chi connectivity index (χ3n) is 4.82. The first-order valence-electron chi connectivity index (χ1n) is 9.34. The number of phosphoric acid groups is 3. The maximum Gasteiger partial charge on any atom is 0.490 e. The zero-order valence-electron chi connectivity index (χ0n) is 17.7. The quantitative estimate of drug-likeness (QED) is 0.151. The second-order valence-electron chi connectivity index (χ2n) is 7.21. The van der Waals surface area contributed by atoms with E-state index in [0.29, 0.717) is 4.68 Å². The molecule has 36 heavy (non-hydrogen) atoms. The second kappa shape index (κ2) is 9.67. The van der Waals surface area contributed by atoms with E-state index < -0.39 is 70.6 Å². The number of aromatic nitrogens is 3. The van der Waals surface area contributed by atoms with Crippen molar-refractivity contribution in [3.05, 3.63) is 28.6 Å². The summed E-state index contributed by atoms with van der Waals surface area (Å²) >= 11 is 0. The number of nitriles is 1. The Morgan fingerprint density at radius 3 is 2.58 bits per heavy atom. The highest BCUT2D eigenvalue weighted by atomic mass is 31.3. The number of nitrogens with two attached hydrogens (primary N) is 1. The summed E-state index contributed by atoms with van der Waals surface area (Å²) in [6, 6.07) is 1.72. The first-order chi connectivity index (χ1) is 16.5. The van der Waals surface area contributed by atoms with Gasteiger partial charge >= 0.3 is 23.5 Å². The fourth-order valence-corrected chi connectivity index (χ4v) is 6.61. The highest BCUT2D eigenvalue weighted by Gasteiger charge is 2.68. The number of ether oxygens (including phenoxy) is 2. The number of nitrogens with zero attached hydrogens (tertiary/aromatic N) is 4. The van der Waals surface area contributed by atoms with Crippen LogP contribution in [0.25, 0.3) is 0 Å². The number of phosphoric ester groups is 1. The number of aliphatic hydroxyl groups is 1. The van der Waals surface area contributed by atoms with Gasteiger partial charge in [0.15, 0.2) is 6.10 Å². The number of rotatable bonds is 9. The highest BCUT2D eigenvalue weighted by molar-refractivity contribution is 7.66. The molecule has 2 aliphatic heterocycles. The SMILES string of the molecule is C=CN=c1c(=O)[nH]c(N)nn1[C@]1(C#N)OC2(COP(=O)(O)OP(=O)(O)OP(=O)(O)O)CCO[C@@H]1[C@@H]2O. The Morgan fingerprint density at radius 1 is 1.33 bits per heavy atom. The van der Waals surface area contributed by atoms with Crippen molar-refractivity contribution >= 4 is 29.4 Å². The van der Waals surface area contributed by atoms with Gasteiger partial charge in [-0.1, -0.05) is 6.58 Å². The Bertz CT molecular complexity index is 1370. The number of nitrogen functional groups attached to an aromatic ring is 1. The van der Waals surface area contributed by atoms with Gasteiger partial charge in [-0.3, -0.25) is 14.3 Å². The van der Waals surface area contributed by atoms with Crippen molar-refractivity contribution in [1.29, 1.82) is 5.26 Å². The molecular formula is C13H19N6O14P3. The van der Waals surface area contributed by atoms with E-state index in [1.54, 1.807) is 6.07 Å². The maximum absolute atomic E-state index is 12.4. The summed E-state index contributed by atoms with van der Waals surface area (Å²) in [5.74, 6) is -0.487. The second-order valence-corrected chi connectivity index (χ2v) is 11.6. The highest BCUT2D eigenvalue weighted by Crippen LogP contribution is 2.66. The van der Waals surface area contributed by atoms with E-state index in [0.717, 1.165) is 6.20 Å². The van der Waals surface area contributed by atoms with E-state index in [9.17, 15) is 38.6 Å². The largest absolute Gasteiger partial charge is 0.490 e. The molecule has 2 bridgehead atoms. The van der Waals surface area contributed by atoms with Gasteiger partial charge in [-0.05, 0) is 0 Å². The molecule has 0 amide bonds. The fraction of sp³-hybridized carbons (Fsp3) is 0.538. The predicted molar refractivity (Wildman–Crippen MR) is 111 cm³/mol. The van der Waals surface area contributed by atoms with Gasteiger partial charge in [0, 0.05) is 12.6 Å². The van der Waals surface area contributed by atoms with Gasteiger partial charge in [0.2, 0.25) is 11.4 Å². The molecule has 1 aromatic heterocycles. The molecule has 0 aromatic carbocycles. The third-order valence-corrected chi connectivity index (χ3v) is 8.60. The van der Waals surface area contributed by atoms with Crippen molar-refractivity contribution in [2.24, 2.45) is 4.99 Å². The smallest absolute Gasteiger partial charge is 0.387 e. The Kier molecular flexibility index (Phi) is 7.65. The van der Waals surface area contributed by atoms with Gasteiger partial charge in [0.1, 0.15) is 17.8 Å². The molecule has 23 heteroatoms. The van der Waals surface area contributed by atoms with E-state index in [1.165, 1.54) is 0 Å². The number of hydrogen-bond donors (Lipinski definition) is 7. The molecule has 0 saturated carbocycles. The lowest BCUT2D eigenvalue weighted by atomic mass is 9.89. The summed E-state index contributed by atoms with van der Waals surface area (Å²) in [7, 11) is -17.1. The Morgan fingerprint density at radius 2 is 2.00 bits per heavy atom. The number of aromatic amines is 1. The average Bonchev–Trinajstić information content (AvgIpc) is 2.85. The van der Waals surface area contributed by atoms with Gasteiger partial charge in [0.25, 0.3) is 11.3 Å². The topological polar surface area (TPSA) is 311 Å². The fourth-order valence-electron chi connectivity index (χ4n) is 3.54. The predicted octanol–water partition coefficient (Wildman–Crippen LogP) is -2.36. The molecule has 0 aliphatic carbocycles. The van der Waals surface area contributed by atoms with Crippen LogP contribution in [0.4, 0.5) is 5.95 Å². The van der Waals surface area contributed by atoms with Gasteiger partial charge in [-0.25, -0.2) is 18.7 Å². The molecule has 0 spiro atoms. The number of aliphatic hydroxyl groups excluding tert-OH is 1. The van der Waals surface area contributed by atoms with Crippen molar-refractivity contribution in [1.82, 2.24) is 14.8 Å². The lowest BCUT2D eigenvalue weighted by Gasteiger charge is -2.35. The minimum absolute atomic E-state index is 0.224.